The average molecular weight is 254 g/mol. The number of anilines is 1. The van der Waals surface area contributed by atoms with Gasteiger partial charge < -0.3 is 15.4 Å². The molecule has 18 heavy (non-hydrogen) atoms. The molecule has 0 aromatic heterocycles. The van der Waals surface area contributed by atoms with Gasteiger partial charge in [0.2, 0.25) is 5.91 Å². The summed E-state index contributed by atoms with van der Waals surface area (Å²) >= 11 is 0. The number of nitrogen functional groups attached to an aromatic ring is 1. The predicted octanol–water partition coefficient (Wildman–Crippen LogP) is 1.58. The van der Waals surface area contributed by atoms with Crippen molar-refractivity contribution in [2.45, 2.75) is 13.8 Å². The van der Waals surface area contributed by atoms with Gasteiger partial charge >= 0.3 is 0 Å². The van der Waals surface area contributed by atoms with Crippen LogP contribution in [0.4, 0.5) is 10.1 Å². The van der Waals surface area contributed by atoms with Gasteiger partial charge in [-0.1, -0.05) is 0 Å². The number of hydrogen-bond donors (Lipinski definition) is 1. The van der Waals surface area contributed by atoms with Gasteiger partial charge in [0.1, 0.15) is 5.82 Å². The molecule has 1 aromatic rings. The fraction of sp³-hybridized carbons (Fsp3) is 0.462. The van der Waals surface area contributed by atoms with Crippen LogP contribution in [0.1, 0.15) is 12.5 Å². The number of ether oxygens (including phenoxy) is 1. The number of morpholine rings is 1. The summed E-state index contributed by atoms with van der Waals surface area (Å²) in [6.45, 7) is 6.18. The van der Waals surface area contributed by atoms with Gasteiger partial charge in [0.15, 0.2) is 0 Å². The molecule has 1 aromatic carbocycles. The van der Waals surface area contributed by atoms with Crippen molar-refractivity contribution in [2.24, 2.45) is 0 Å². The molecule has 1 fully saturated rings. The molecule has 0 radical (unpaired) electrons. The summed E-state index contributed by atoms with van der Waals surface area (Å²) in [7, 11) is 0. The molecule has 1 amide bonds. The summed E-state index contributed by atoms with van der Waals surface area (Å²) in [6, 6.07) is 4.52. The second-order valence-electron chi connectivity index (χ2n) is 4.13. The first kappa shape index (κ1) is 14.4. The Balaban J connectivity index is 0.000000180. The van der Waals surface area contributed by atoms with E-state index in [0.29, 0.717) is 24.5 Å². The van der Waals surface area contributed by atoms with Gasteiger partial charge in [-0.2, -0.15) is 0 Å². The predicted molar refractivity (Wildman–Crippen MR) is 68.6 cm³/mol. The number of nitrogens with two attached hydrogens (primary N) is 1. The summed E-state index contributed by atoms with van der Waals surface area (Å²) in [5, 5.41) is 0. The Labute approximate surface area is 107 Å². The second-order valence-corrected chi connectivity index (χ2v) is 4.13. The van der Waals surface area contributed by atoms with Crippen molar-refractivity contribution < 1.29 is 13.9 Å². The van der Waals surface area contributed by atoms with E-state index >= 15 is 0 Å². The lowest BCUT2D eigenvalue weighted by molar-refractivity contribution is -0.132. The number of halogens is 1. The number of benzene rings is 1. The molecular formula is C13H19FN2O2. The highest BCUT2D eigenvalue weighted by molar-refractivity contribution is 5.73. The van der Waals surface area contributed by atoms with Crippen LogP contribution in [-0.2, 0) is 9.53 Å². The molecule has 1 heterocycles. The Morgan fingerprint density at radius 3 is 2.39 bits per heavy atom. The molecule has 0 spiro atoms. The molecule has 0 atom stereocenters. The van der Waals surface area contributed by atoms with E-state index in [2.05, 4.69) is 0 Å². The number of carbonyl (C=O) groups excluding carboxylic acids is 1. The van der Waals surface area contributed by atoms with Gasteiger partial charge in [-0.25, -0.2) is 4.39 Å². The van der Waals surface area contributed by atoms with Crippen molar-refractivity contribution in [1.82, 2.24) is 4.90 Å². The van der Waals surface area contributed by atoms with E-state index < -0.39 is 0 Å². The quantitative estimate of drug-likeness (QED) is 0.715. The fourth-order valence-electron chi connectivity index (χ4n) is 1.55. The van der Waals surface area contributed by atoms with Crippen LogP contribution in [0.3, 0.4) is 0 Å². The lowest BCUT2D eigenvalue weighted by Gasteiger charge is -2.25. The molecule has 5 heteroatoms. The zero-order chi connectivity index (χ0) is 13.5. The van der Waals surface area contributed by atoms with Crippen LogP contribution >= 0.6 is 0 Å². The SMILES string of the molecule is CC(=O)N1CCOCC1.Cc1cc(N)ccc1F. The zero-order valence-corrected chi connectivity index (χ0v) is 10.8. The van der Waals surface area contributed by atoms with Crippen LogP contribution in [0, 0.1) is 12.7 Å². The van der Waals surface area contributed by atoms with Crippen molar-refractivity contribution in [2.75, 3.05) is 32.0 Å². The third kappa shape index (κ3) is 4.71. The number of rotatable bonds is 0. The van der Waals surface area contributed by atoms with Crippen LogP contribution in [0.15, 0.2) is 18.2 Å². The van der Waals surface area contributed by atoms with Gasteiger partial charge in [-0.15, -0.1) is 0 Å². The third-order valence-corrected chi connectivity index (χ3v) is 2.64. The molecule has 1 aliphatic heterocycles. The molecule has 0 unspecified atom stereocenters. The highest BCUT2D eigenvalue weighted by atomic mass is 19.1. The van der Waals surface area contributed by atoms with Gasteiger partial charge in [-0.3, -0.25) is 4.79 Å². The molecule has 100 valence electrons. The normalized spacial score (nSPS) is 14.7. The lowest BCUT2D eigenvalue weighted by Crippen LogP contribution is -2.39. The minimum Gasteiger partial charge on any atom is -0.399 e. The molecule has 1 aliphatic rings. The number of aryl methyl sites for hydroxylation is 1. The maximum Gasteiger partial charge on any atom is 0.219 e. The van der Waals surface area contributed by atoms with Crippen LogP contribution in [0.2, 0.25) is 0 Å². The van der Waals surface area contributed by atoms with E-state index in [1.54, 1.807) is 30.9 Å². The van der Waals surface area contributed by atoms with Crippen molar-refractivity contribution in [3.63, 3.8) is 0 Å². The van der Waals surface area contributed by atoms with E-state index in [0.717, 1.165) is 13.1 Å². The summed E-state index contributed by atoms with van der Waals surface area (Å²) in [4.78, 5) is 12.5. The molecule has 0 bridgehead atoms. The van der Waals surface area contributed by atoms with Crippen molar-refractivity contribution in [3.8, 4) is 0 Å². The zero-order valence-electron chi connectivity index (χ0n) is 10.8. The first-order valence-electron chi connectivity index (χ1n) is 5.85. The van der Waals surface area contributed by atoms with Crippen molar-refractivity contribution >= 4 is 11.6 Å². The average Bonchev–Trinajstić information content (AvgIpc) is 2.36. The van der Waals surface area contributed by atoms with Crippen LogP contribution in [0.25, 0.3) is 0 Å². The maximum absolute atomic E-state index is 12.4. The fourth-order valence-corrected chi connectivity index (χ4v) is 1.55. The van der Waals surface area contributed by atoms with E-state index in [-0.39, 0.29) is 11.7 Å². The second kappa shape index (κ2) is 6.96. The Morgan fingerprint density at radius 2 is 2.00 bits per heavy atom. The molecule has 0 saturated carbocycles. The first-order valence-corrected chi connectivity index (χ1v) is 5.85. The third-order valence-electron chi connectivity index (χ3n) is 2.64. The Kier molecular flexibility index (Phi) is 5.58. The van der Waals surface area contributed by atoms with Gasteiger partial charge in [-0.05, 0) is 30.7 Å². The van der Waals surface area contributed by atoms with Crippen molar-refractivity contribution in [3.05, 3.63) is 29.6 Å². The summed E-state index contributed by atoms with van der Waals surface area (Å²) < 4.78 is 17.5. The highest BCUT2D eigenvalue weighted by Gasteiger charge is 2.11. The van der Waals surface area contributed by atoms with E-state index in [9.17, 15) is 9.18 Å². The molecular weight excluding hydrogens is 235 g/mol. The van der Waals surface area contributed by atoms with Crippen LogP contribution in [-0.4, -0.2) is 37.1 Å². The van der Waals surface area contributed by atoms with E-state index in [4.69, 9.17) is 10.5 Å². The van der Waals surface area contributed by atoms with Gasteiger partial charge in [0.25, 0.3) is 0 Å². The topological polar surface area (TPSA) is 55.6 Å². The van der Waals surface area contributed by atoms with Gasteiger partial charge in [0, 0.05) is 25.7 Å². The minimum atomic E-state index is -0.204. The number of hydrogen-bond acceptors (Lipinski definition) is 3. The van der Waals surface area contributed by atoms with E-state index in [1.165, 1.54) is 6.07 Å². The number of carbonyl (C=O) groups is 1. The summed E-state index contributed by atoms with van der Waals surface area (Å²) in [5.41, 5.74) is 6.56. The summed E-state index contributed by atoms with van der Waals surface area (Å²) in [5.74, 6) is -0.0532. The monoisotopic (exact) mass is 254 g/mol. The molecule has 1 saturated heterocycles. The first-order chi connectivity index (χ1) is 8.50. The van der Waals surface area contributed by atoms with Gasteiger partial charge in [0.05, 0.1) is 13.2 Å². The molecule has 0 aliphatic carbocycles. The van der Waals surface area contributed by atoms with E-state index in [1.807, 2.05) is 0 Å². The standard InChI is InChI=1S/C7H8FN.C6H11NO2/c1-5-4-6(9)2-3-7(5)8;1-6(8)7-2-4-9-5-3-7/h2-4H,9H2,1H3;2-5H2,1H3. The van der Waals surface area contributed by atoms with Crippen LogP contribution in [0.5, 0.6) is 0 Å². The van der Waals surface area contributed by atoms with Crippen LogP contribution < -0.4 is 5.73 Å². The Bertz CT molecular complexity index is 404. The lowest BCUT2D eigenvalue weighted by atomic mass is 10.2. The maximum atomic E-state index is 12.4. The molecule has 2 rings (SSSR count). The minimum absolute atomic E-state index is 0.151. The van der Waals surface area contributed by atoms with Crippen molar-refractivity contribution in [1.29, 1.82) is 0 Å². The highest BCUT2D eigenvalue weighted by Crippen LogP contribution is 2.09. The smallest absolute Gasteiger partial charge is 0.219 e. The molecule has 2 N–H and O–H groups in total. The Morgan fingerprint density at radius 1 is 1.39 bits per heavy atom. The number of amides is 1. The Hall–Kier alpha value is -1.62. The molecule has 4 nitrogen and oxygen atoms in total. The number of nitrogens with zero attached hydrogens (tertiary/aromatic N) is 1. The largest absolute Gasteiger partial charge is 0.399 e. The summed E-state index contributed by atoms with van der Waals surface area (Å²) in [6.07, 6.45) is 0.